The number of nitrogens with zero attached hydrogens (tertiary/aromatic N) is 1. The number of carbonyl (C=O) groups is 2. The van der Waals surface area contributed by atoms with Crippen molar-refractivity contribution in [1.29, 1.82) is 0 Å². The van der Waals surface area contributed by atoms with Crippen molar-refractivity contribution in [2.45, 2.75) is 31.8 Å². The van der Waals surface area contributed by atoms with Gasteiger partial charge in [0.05, 0.1) is 11.8 Å². The average molecular weight is 465 g/mol. The van der Waals surface area contributed by atoms with E-state index in [0.717, 1.165) is 16.7 Å². The van der Waals surface area contributed by atoms with Crippen molar-refractivity contribution >= 4 is 35.2 Å². The molecule has 4 nitrogen and oxygen atoms in total. The van der Waals surface area contributed by atoms with Crippen LogP contribution < -0.4 is 5.32 Å². The van der Waals surface area contributed by atoms with E-state index in [1.807, 2.05) is 91.5 Å². The summed E-state index contributed by atoms with van der Waals surface area (Å²) in [5.41, 5.74) is 4.91. The van der Waals surface area contributed by atoms with E-state index < -0.39 is 0 Å². The molecule has 1 aliphatic heterocycles. The van der Waals surface area contributed by atoms with Gasteiger partial charge in [-0.1, -0.05) is 65.7 Å². The monoisotopic (exact) mass is 464 g/mol. The van der Waals surface area contributed by atoms with E-state index >= 15 is 0 Å². The fourth-order valence-electron chi connectivity index (χ4n) is 3.71. The van der Waals surface area contributed by atoms with Crippen LogP contribution in [0, 0.1) is 6.92 Å². The Bertz CT molecular complexity index is 1100. The van der Waals surface area contributed by atoms with Crippen LogP contribution in [-0.2, 0) is 11.3 Å². The Balaban J connectivity index is 1.43. The molecule has 32 heavy (non-hydrogen) atoms. The van der Waals surface area contributed by atoms with Gasteiger partial charge in [0.15, 0.2) is 0 Å². The summed E-state index contributed by atoms with van der Waals surface area (Å²) >= 11 is 7.58. The number of aryl methyl sites for hydroxylation is 1. The van der Waals surface area contributed by atoms with Gasteiger partial charge in [-0.05, 0) is 54.8 Å². The fourth-order valence-corrected chi connectivity index (χ4v) is 5.02. The second kappa shape index (κ2) is 9.80. The standard InChI is InChI=1S/C26H25ClN2O2S/c1-17-3-7-20(8-4-17)18(2)28-25(31)21-9-11-22(12-10-21)26-29(24(30)16-32-26)15-19-5-13-23(27)14-6-19/h3-14,18,26H,15-16H2,1-2H3,(H,28,31)/t18-,26-/m0/s1. The van der Waals surface area contributed by atoms with Crippen molar-refractivity contribution in [3.8, 4) is 0 Å². The molecule has 0 radical (unpaired) electrons. The third kappa shape index (κ3) is 5.17. The quantitative estimate of drug-likeness (QED) is 0.493. The molecule has 0 bridgehead atoms. The third-order valence-corrected chi connectivity index (χ3v) is 7.13. The van der Waals surface area contributed by atoms with Crippen LogP contribution in [0.1, 0.15) is 51.0 Å². The van der Waals surface area contributed by atoms with Crippen molar-refractivity contribution in [3.05, 3.63) is 106 Å². The van der Waals surface area contributed by atoms with Crippen LogP contribution in [0.2, 0.25) is 5.02 Å². The van der Waals surface area contributed by atoms with Crippen LogP contribution in [0.25, 0.3) is 0 Å². The highest BCUT2D eigenvalue weighted by Crippen LogP contribution is 2.39. The third-order valence-electron chi connectivity index (χ3n) is 5.62. The number of nitrogens with one attached hydrogen (secondary N) is 1. The minimum atomic E-state index is -0.113. The van der Waals surface area contributed by atoms with Gasteiger partial charge < -0.3 is 10.2 Å². The van der Waals surface area contributed by atoms with E-state index in [0.29, 0.717) is 22.9 Å². The van der Waals surface area contributed by atoms with E-state index in [4.69, 9.17) is 11.6 Å². The largest absolute Gasteiger partial charge is 0.346 e. The number of thioether (sulfide) groups is 1. The summed E-state index contributed by atoms with van der Waals surface area (Å²) in [5, 5.41) is 3.67. The van der Waals surface area contributed by atoms with Crippen molar-refractivity contribution in [3.63, 3.8) is 0 Å². The topological polar surface area (TPSA) is 49.4 Å². The van der Waals surface area contributed by atoms with Crippen molar-refractivity contribution < 1.29 is 9.59 Å². The molecule has 1 saturated heterocycles. The normalized spacial score (nSPS) is 16.8. The maximum atomic E-state index is 12.7. The first-order valence-corrected chi connectivity index (χ1v) is 12.0. The predicted octanol–water partition coefficient (Wildman–Crippen LogP) is 5.91. The maximum Gasteiger partial charge on any atom is 0.251 e. The Hall–Kier alpha value is -2.76. The van der Waals surface area contributed by atoms with Gasteiger partial charge in [-0.3, -0.25) is 9.59 Å². The number of hydrogen-bond acceptors (Lipinski definition) is 3. The molecule has 164 valence electrons. The highest BCUT2D eigenvalue weighted by Gasteiger charge is 2.32. The highest BCUT2D eigenvalue weighted by atomic mass is 35.5. The molecule has 0 aromatic heterocycles. The second-order valence-corrected chi connectivity index (χ2v) is 9.54. The van der Waals surface area contributed by atoms with Crippen LogP contribution in [0.5, 0.6) is 0 Å². The van der Waals surface area contributed by atoms with Crippen molar-refractivity contribution in [1.82, 2.24) is 10.2 Å². The summed E-state index contributed by atoms with van der Waals surface area (Å²) in [4.78, 5) is 27.1. The number of rotatable bonds is 6. The van der Waals surface area contributed by atoms with E-state index in [9.17, 15) is 9.59 Å². The molecule has 0 saturated carbocycles. The van der Waals surface area contributed by atoms with Gasteiger partial charge in [0, 0.05) is 17.1 Å². The highest BCUT2D eigenvalue weighted by molar-refractivity contribution is 8.00. The molecule has 4 rings (SSSR count). The Kier molecular flexibility index (Phi) is 6.87. The smallest absolute Gasteiger partial charge is 0.251 e. The van der Waals surface area contributed by atoms with Gasteiger partial charge in [-0.2, -0.15) is 0 Å². The maximum absolute atomic E-state index is 12.7. The first-order chi connectivity index (χ1) is 15.4. The lowest BCUT2D eigenvalue weighted by Crippen LogP contribution is -2.28. The molecule has 2 amide bonds. The Morgan fingerprint density at radius 2 is 1.72 bits per heavy atom. The van der Waals surface area contributed by atoms with Gasteiger partial charge in [-0.25, -0.2) is 0 Å². The molecular formula is C26H25ClN2O2S. The zero-order chi connectivity index (χ0) is 22.7. The van der Waals surface area contributed by atoms with Gasteiger partial charge in [0.2, 0.25) is 5.91 Å². The van der Waals surface area contributed by atoms with Crippen molar-refractivity contribution in [2.24, 2.45) is 0 Å². The summed E-state index contributed by atoms with van der Waals surface area (Å²) in [6, 6.07) is 23.2. The van der Waals surface area contributed by atoms with Crippen molar-refractivity contribution in [2.75, 3.05) is 5.75 Å². The lowest BCUT2D eigenvalue weighted by Gasteiger charge is -2.24. The van der Waals surface area contributed by atoms with E-state index in [2.05, 4.69) is 5.32 Å². The summed E-state index contributed by atoms with van der Waals surface area (Å²) in [6.45, 7) is 4.55. The lowest BCUT2D eigenvalue weighted by atomic mass is 10.1. The van der Waals surface area contributed by atoms with E-state index in [-0.39, 0.29) is 23.2 Å². The van der Waals surface area contributed by atoms with Crippen LogP contribution in [0.3, 0.4) is 0 Å². The molecule has 0 aliphatic carbocycles. The van der Waals surface area contributed by atoms with Crippen LogP contribution in [0.15, 0.2) is 72.8 Å². The van der Waals surface area contributed by atoms with Gasteiger partial charge in [0.25, 0.3) is 5.91 Å². The van der Waals surface area contributed by atoms with Gasteiger partial charge in [0.1, 0.15) is 5.37 Å². The number of hydrogen-bond donors (Lipinski definition) is 1. The number of amides is 2. The molecule has 1 N–H and O–H groups in total. The first-order valence-electron chi connectivity index (χ1n) is 10.5. The molecule has 0 unspecified atom stereocenters. The lowest BCUT2D eigenvalue weighted by molar-refractivity contribution is -0.128. The minimum absolute atomic E-state index is 0.0678. The van der Waals surface area contributed by atoms with Crippen LogP contribution >= 0.6 is 23.4 Å². The summed E-state index contributed by atoms with van der Waals surface area (Å²) < 4.78 is 0. The van der Waals surface area contributed by atoms with Crippen LogP contribution in [0.4, 0.5) is 0 Å². The predicted molar refractivity (Wildman–Crippen MR) is 131 cm³/mol. The molecule has 1 fully saturated rings. The molecule has 6 heteroatoms. The Morgan fingerprint density at radius 1 is 1.06 bits per heavy atom. The minimum Gasteiger partial charge on any atom is -0.346 e. The van der Waals surface area contributed by atoms with Gasteiger partial charge >= 0.3 is 0 Å². The summed E-state index contributed by atoms with van der Waals surface area (Å²) in [7, 11) is 0. The number of halogens is 1. The van der Waals surface area contributed by atoms with E-state index in [1.54, 1.807) is 11.8 Å². The fraction of sp³-hybridized carbons (Fsp3) is 0.231. The van der Waals surface area contributed by atoms with Gasteiger partial charge in [-0.15, -0.1) is 11.8 Å². The zero-order valence-electron chi connectivity index (χ0n) is 18.0. The molecule has 0 spiro atoms. The Labute approximate surface area is 198 Å². The second-order valence-electron chi connectivity index (χ2n) is 8.04. The molecule has 1 aliphatic rings. The first kappa shape index (κ1) is 22.4. The SMILES string of the molecule is Cc1ccc([C@H](C)NC(=O)c2ccc([C@@H]3SCC(=O)N3Cc3ccc(Cl)cc3)cc2)cc1. The number of benzene rings is 3. The van der Waals surface area contributed by atoms with Crippen LogP contribution in [-0.4, -0.2) is 22.5 Å². The average Bonchev–Trinajstić information content (AvgIpc) is 3.16. The molecular weight excluding hydrogens is 440 g/mol. The molecule has 3 aromatic carbocycles. The molecule has 1 heterocycles. The van der Waals surface area contributed by atoms with E-state index in [1.165, 1.54) is 5.56 Å². The summed E-state index contributed by atoms with van der Waals surface area (Å²) in [6.07, 6.45) is 0. The summed E-state index contributed by atoms with van der Waals surface area (Å²) in [5.74, 6) is 0.454. The molecule has 3 aromatic rings. The Morgan fingerprint density at radius 3 is 2.38 bits per heavy atom. The number of carbonyl (C=O) groups excluding carboxylic acids is 2. The zero-order valence-corrected chi connectivity index (χ0v) is 19.6. The molecule has 2 atom stereocenters.